The number of aryl methyl sites for hydroxylation is 3. The van der Waals surface area contributed by atoms with Crippen LogP contribution in [0.25, 0.3) is 11.0 Å². The molecule has 0 unspecified atom stereocenters. The topological polar surface area (TPSA) is 19.6 Å². The molecule has 5 aromatic carbocycles. The molecule has 0 spiro atoms. The molecule has 4 heteroatoms. The van der Waals surface area contributed by atoms with Gasteiger partial charge in [-0.2, -0.15) is 0 Å². The minimum absolute atomic E-state index is 0.0437. The highest BCUT2D eigenvalue weighted by atomic mass is 16.3. The van der Waals surface area contributed by atoms with Gasteiger partial charge in [0.05, 0.1) is 11.3 Å². The minimum Gasteiger partial charge on any atom is -0.468 e. The van der Waals surface area contributed by atoms with Gasteiger partial charge in [-0.05, 0) is 149 Å². The number of anilines is 6. The largest absolute Gasteiger partial charge is 0.468 e. The van der Waals surface area contributed by atoms with Gasteiger partial charge < -0.3 is 14.2 Å². The monoisotopic (exact) mass is 668 g/mol. The highest BCUT2D eigenvalue weighted by Gasteiger charge is 2.47. The van der Waals surface area contributed by atoms with E-state index in [1.54, 1.807) is 0 Å². The van der Waals surface area contributed by atoms with Crippen molar-refractivity contribution in [3.05, 3.63) is 124 Å². The number of rotatable bonds is 2. The Balaban J connectivity index is 1.40. The van der Waals surface area contributed by atoms with Crippen molar-refractivity contribution in [1.29, 1.82) is 0 Å². The van der Waals surface area contributed by atoms with E-state index in [1.165, 1.54) is 91.0 Å². The number of benzene rings is 5. The van der Waals surface area contributed by atoms with Crippen LogP contribution in [0.1, 0.15) is 94.7 Å². The van der Waals surface area contributed by atoms with Gasteiger partial charge in [-0.25, -0.2) is 0 Å². The molecule has 2 aliphatic heterocycles. The van der Waals surface area contributed by atoms with Crippen molar-refractivity contribution < 1.29 is 4.42 Å². The summed E-state index contributed by atoms with van der Waals surface area (Å²) in [7, 11) is 0. The molecule has 0 saturated heterocycles. The molecule has 3 nitrogen and oxygen atoms in total. The predicted molar refractivity (Wildman–Crippen MR) is 218 cm³/mol. The molecule has 3 aliphatic rings. The van der Waals surface area contributed by atoms with Crippen molar-refractivity contribution in [2.24, 2.45) is 0 Å². The molecule has 0 amide bonds. The Kier molecular flexibility index (Phi) is 6.74. The van der Waals surface area contributed by atoms with E-state index < -0.39 is 0 Å². The lowest BCUT2D eigenvalue weighted by Gasteiger charge is -2.43. The molecule has 0 saturated carbocycles. The Morgan fingerprint density at radius 3 is 1.92 bits per heavy atom. The van der Waals surface area contributed by atoms with Gasteiger partial charge >= 0.3 is 0 Å². The third kappa shape index (κ3) is 4.78. The van der Waals surface area contributed by atoms with Crippen molar-refractivity contribution in [1.82, 2.24) is 0 Å². The quantitative estimate of drug-likeness (QED) is 0.171. The molecule has 1 aromatic heterocycles. The summed E-state index contributed by atoms with van der Waals surface area (Å²) in [6.07, 6.45) is 2.34. The summed E-state index contributed by atoms with van der Waals surface area (Å²) in [5.74, 6) is 0. The molecular formula is C47H49BN2O. The second kappa shape index (κ2) is 10.7. The lowest BCUT2D eigenvalue weighted by Crippen LogP contribution is -2.61. The van der Waals surface area contributed by atoms with E-state index in [0.717, 1.165) is 16.9 Å². The second-order valence-corrected chi connectivity index (χ2v) is 18.0. The molecule has 0 radical (unpaired) electrons. The van der Waals surface area contributed by atoms with Crippen molar-refractivity contribution >= 4 is 68.4 Å². The Hall–Kier alpha value is -4.70. The molecule has 9 rings (SSSR count). The number of hydrogen-bond acceptors (Lipinski definition) is 3. The number of nitrogens with zero attached hydrogens (tertiary/aromatic N) is 2. The molecular weight excluding hydrogens is 619 g/mol. The van der Waals surface area contributed by atoms with Gasteiger partial charge in [-0.3, -0.25) is 0 Å². The van der Waals surface area contributed by atoms with Crippen LogP contribution in [0.3, 0.4) is 0 Å². The summed E-state index contributed by atoms with van der Waals surface area (Å²) in [6.45, 7) is 23.1. The van der Waals surface area contributed by atoms with Crippen molar-refractivity contribution in [2.75, 3.05) is 9.80 Å². The fourth-order valence-electron chi connectivity index (χ4n) is 9.21. The summed E-state index contributed by atoms with van der Waals surface area (Å²) in [6, 6.07) is 34.9. The minimum atomic E-state index is -0.0437. The maximum atomic E-state index is 7.31. The SMILES string of the molecule is Cc1cccc(N2c3cc(C)ccc3B3c4oc5cc6c(cc5c4N(c4ccc(C(C)(C)C)cc4)c4cc(C)cc2c43)C(C)(C)CCC6(C)C)c1. The van der Waals surface area contributed by atoms with Crippen LogP contribution in [-0.4, -0.2) is 6.71 Å². The summed E-state index contributed by atoms with van der Waals surface area (Å²) in [5.41, 5.74) is 20.0. The summed E-state index contributed by atoms with van der Waals surface area (Å²) in [4.78, 5) is 5.02. The molecule has 256 valence electrons. The molecule has 0 fully saturated rings. The first-order valence-electron chi connectivity index (χ1n) is 18.8. The Morgan fingerprint density at radius 1 is 0.627 bits per heavy atom. The fraction of sp³-hybridized carbons (Fsp3) is 0.319. The van der Waals surface area contributed by atoms with Crippen LogP contribution in [0.4, 0.5) is 34.1 Å². The zero-order valence-corrected chi connectivity index (χ0v) is 32.0. The molecule has 0 N–H and O–H groups in total. The van der Waals surface area contributed by atoms with Crippen molar-refractivity contribution in [3.8, 4) is 0 Å². The average Bonchev–Trinajstić information content (AvgIpc) is 3.44. The standard InChI is InChI=1S/C47H49BN2O/c1-28-12-11-13-33(22-28)49-38-23-29(2)14-19-37(38)48-42-39(49)24-30(3)25-40(42)50(32-17-15-31(16-18-32)45(4,5)6)43-34-26-35-36(27-41(34)51-44(43)48)47(9,10)21-20-46(35,7)8/h11-19,22-27H,20-21H2,1-10H3. The Labute approximate surface area is 304 Å². The van der Waals surface area contributed by atoms with Crippen LogP contribution < -0.4 is 26.4 Å². The fourth-order valence-corrected chi connectivity index (χ4v) is 9.21. The van der Waals surface area contributed by atoms with Gasteiger partial charge in [0, 0.05) is 33.8 Å². The Morgan fingerprint density at radius 2 is 1.25 bits per heavy atom. The van der Waals surface area contributed by atoms with Gasteiger partial charge in [0.2, 0.25) is 0 Å². The van der Waals surface area contributed by atoms with E-state index in [-0.39, 0.29) is 23.0 Å². The van der Waals surface area contributed by atoms with Crippen LogP contribution >= 0.6 is 0 Å². The maximum Gasteiger partial charge on any atom is 0.297 e. The first kappa shape index (κ1) is 32.2. The van der Waals surface area contributed by atoms with Gasteiger partial charge in [0.15, 0.2) is 0 Å². The zero-order valence-electron chi connectivity index (χ0n) is 32.0. The average molecular weight is 669 g/mol. The highest BCUT2D eigenvalue weighted by molar-refractivity contribution is 7.00. The predicted octanol–water partition coefficient (Wildman–Crippen LogP) is 11.1. The van der Waals surface area contributed by atoms with E-state index in [9.17, 15) is 0 Å². The summed E-state index contributed by atoms with van der Waals surface area (Å²) in [5, 5.41) is 1.21. The lowest BCUT2D eigenvalue weighted by atomic mass is 9.35. The van der Waals surface area contributed by atoms with E-state index in [0.29, 0.717) is 0 Å². The molecule has 51 heavy (non-hydrogen) atoms. The number of furan rings is 1. The van der Waals surface area contributed by atoms with Gasteiger partial charge in [0.1, 0.15) is 5.58 Å². The molecule has 1 aliphatic carbocycles. The summed E-state index contributed by atoms with van der Waals surface area (Å²) < 4.78 is 7.31. The molecule has 3 heterocycles. The van der Waals surface area contributed by atoms with Crippen LogP contribution in [0.5, 0.6) is 0 Å². The zero-order chi connectivity index (χ0) is 35.8. The third-order valence-corrected chi connectivity index (χ3v) is 12.2. The van der Waals surface area contributed by atoms with Gasteiger partial charge in [0.25, 0.3) is 6.71 Å². The highest BCUT2D eigenvalue weighted by Crippen LogP contribution is 2.51. The van der Waals surface area contributed by atoms with E-state index >= 15 is 0 Å². The number of fused-ring (bicyclic) bond motifs is 7. The summed E-state index contributed by atoms with van der Waals surface area (Å²) >= 11 is 0. The van der Waals surface area contributed by atoms with Crippen molar-refractivity contribution in [3.63, 3.8) is 0 Å². The number of hydrogen-bond donors (Lipinski definition) is 0. The van der Waals surface area contributed by atoms with E-state index in [4.69, 9.17) is 4.42 Å². The second-order valence-electron chi connectivity index (χ2n) is 18.0. The first-order valence-corrected chi connectivity index (χ1v) is 18.8. The van der Waals surface area contributed by atoms with Crippen LogP contribution in [0.2, 0.25) is 0 Å². The third-order valence-electron chi connectivity index (χ3n) is 12.2. The van der Waals surface area contributed by atoms with Crippen LogP contribution in [0.15, 0.2) is 95.4 Å². The molecule has 6 aromatic rings. The van der Waals surface area contributed by atoms with Gasteiger partial charge in [-0.15, -0.1) is 0 Å². The van der Waals surface area contributed by atoms with E-state index in [1.807, 2.05) is 0 Å². The maximum absolute atomic E-state index is 7.31. The first-order chi connectivity index (χ1) is 24.1. The molecule has 0 atom stereocenters. The lowest BCUT2D eigenvalue weighted by molar-refractivity contribution is 0.332. The van der Waals surface area contributed by atoms with E-state index in [2.05, 4.69) is 170 Å². The smallest absolute Gasteiger partial charge is 0.297 e. The van der Waals surface area contributed by atoms with Crippen LogP contribution in [0, 0.1) is 20.8 Å². The Bertz CT molecular complexity index is 2400. The molecule has 0 bridgehead atoms. The van der Waals surface area contributed by atoms with Crippen LogP contribution in [-0.2, 0) is 16.2 Å². The van der Waals surface area contributed by atoms with Gasteiger partial charge in [-0.1, -0.05) is 84.9 Å². The normalized spacial score (nSPS) is 16.9. The van der Waals surface area contributed by atoms with Crippen molar-refractivity contribution in [2.45, 2.75) is 98.3 Å².